The monoisotopic (exact) mass is 429 g/mol. The van der Waals surface area contributed by atoms with Crippen molar-refractivity contribution in [2.75, 3.05) is 0 Å². The molecule has 0 atom stereocenters. The Balaban J connectivity index is 1.89. The second-order valence-electron chi connectivity index (χ2n) is 4.50. The number of aromatic amines is 1. The number of benzene rings is 1. The Labute approximate surface area is 142 Å². The van der Waals surface area contributed by atoms with Crippen molar-refractivity contribution in [2.45, 2.75) is 6.54 Å². The number of H-pyrrole nitrogens is 1. The molecule has 0 aliphatic carbocycles. The molecule has 0 spiro atoms. The summed E-state index contributed by atoms with van der Waals surface area (Å²) in [6, 6.07) is 7.14. The minimum absolute atomic E-state index is 0.221. The highest BCUT2D eigenvalue weighted by molar-refractivity contribution is 14.1. The summed E-state index contributed by atoms with van der Waals surface area (Å²) >= 11 is 7.71. The van der Waals surface area contributed by atoms with Gasteiger partial charge in [-0.15, -0.1) is 5.10 Å². The predicted molar refractivity (Wildman–Crippen MR) is 89.5 cm³/mol. The van der Waals surface area contributed by atoms with Crippen LogP contribution in [0.25, 0.3) is 5.69 Å². The van der Waals surface area contributed by atoms with E-state index in [-0.39, 0.29) is 6.54 Å². The van der Waals surface area contributed by atoms with E-state index >= 15 is 0 Å². The Morgan fingerprint density at radius 3 is 2.64 bits per heavy atom. The molecule has 0 fully saturated rings. The van der Waals surface area contributed by atoms with Gasteiger partial charge in [-0.05, 0) is 46.9 Å². The van der Waals surface area contributed by atoms with Gasteiger partial charge in [0.2, 0.25) is 0 Å². The number of hydrogen-bond donors (Lipinski definition) is 1. The first-order valence-corrected chi connectivity index (χ1v) is 7.65. The molecule has 3 rings (SSSR count). The Bertz CT molecular complexity index is 929. The van der Waals surface area contributed by atoms with Crippen LogP contribution in [0, 0.1) is 3.57 Å². The second kappa shape index (κ2) is 6.05. The van der Waals surface area contributed by atoms with Gasteiger partial charge in [0.15, 0.2) is 0 Å². The van der Waals surface area contributed by atoms with Crippen LogP contribution in [0.1, 0.15) is 5.69 Å². The van der Waals surface area contributed by atoms with Crippen LogP contribution in [0.5, 0.6) is 0 Å². The van der Waals surface area contributed by atoms with E-state index in [1.807, 2.05) is 34.7 Å². The van der Waals surface area contributed by atoms with Gasteiger partial charge in [0.1, 0.15) is 5.69 Å². The van der Waals surface area contributed by atoms with Gasteiger partial charge in [-0.2, -0.15) is 0 Å². The van der Waals surface area contributed by atoms with Crippen molar-refractivity contribution in [1.29, 1.82) is 0 Å². The molecule has 2 heterocycles. The van der Waals surface area contributed by atoms with Crippen molar-refractivity contribution in [3.63, 3.8) is 0 Å². The maximum Gasteiger partial charge on any atom is 0.328 e. The summed E-state index contributed by atoms with van der Waals surface area (Å²) in [5.74, 6) is 0. The molecule has 0 radical (unpaired) electrons. The number of nitrogens with zero attached hydrogens (tertiary/aromatic N) is 4. The van der Waals surface area contributed by atoms with Crippen molar-refractivity contribution in [3.8, 4) is 5.69 Å². The Kier molecular flexibility index (Phi) is 4.12. The van der Waals surface area contributed by atoms with Crippen LogP contribution in [0.15, 0.2) is 46.2 Å². The molecule has 1 aromatic carbocycles. The maximum atomic E-state index is 11.7. The van der Waals surface area contributed by atoms with Gasteiger partial charge in [0, 0.05) is 11.2 Å². The van der Waals surface area contributed by atoms with Crippen molar-refractivity contribution in [1.82, 2.24) is 24.5 Å². The molecular weight excluding hydrogens is 421 g/mol. The third-order valence-electron chi connectivity index (χ3n) is 2.93. The van der Waals surface area contributed by atoms with Gasteiger partial charge in [0.25, 0.3) is 5.56 Å². The first kappa shape index (κ1) is 15.0. The van der Waals surface area contributed by atoms with Crippen LogP contribution >= 0.6 is 34.2 Å². The maximum absolute atomic E-state index is 11.7. The Morgan fingerprint density at radius 2 is 1.91 bits per heavy atom. The third-order valence-corrected chi connectivity index (χ3v) is 3.95. The van der Waals surface area contributed by atoms with Crippen molar-refractivity contribution >= 4 is 34.2 Å². The molecule has 0 saturated carbocycles. The van der Waals surface area contributed by atoms with E-state index in [9.17, 15) is 9.59 Å². The molecule has 1 N–H and O–H groups in total. The third kappa shape index (κ3) is 3.12. The van der Waals surface area contributed by atoms with Crippen LogP contribution in [0.4, 0.5) is 0 Å². The van der Waals surface area contributed by atoms with Gasteiger partial charge in [-0.3, -0.25) is 14.3 Å². The number of halogens is 2. The van der Waals surface area contributed by atoms with Crippen LogP contribution < -0.4 is 11.2 Å². The molecular formula is C13H9ClIN5O2. The quantitative estimate of drug-likeness (QED) is 0.638. The fraction of sp³-hybridized carbons (Fsp3) is 0.0769. The molecule has 112 valence electrons. The topological polar surface area (TPSA) is 85.6 Å². The summed E-state index contributed by atoms with van der Waals surface area (Å²) in [5, 5.41) is 8.68. The predicted octanol–water partition coefficient (Wildman–Crippen LogP) is 1.42. The Hall–Kier alpha value is -1.94. The summed E-state index contributed by atoms with van der Waals surface area (Å²) in [7, 11) is 0. The highest BCUT2D eigenvalue weighted by Gasteiger charge is 2.07. The van der Waals surface area contributed by atoms with Gasteiger partial charge in [-0.1, -0.05) is 16.8 Å². The average Bonchev–Trinajstić information content (AvgIpc) is 2.94. The van der Waals surface area contributed by atoms with Crippen LogP contribution in [-0.4, -0.2) is 24.5 Å². The molecule has 0 saturated heterocycles. The molecule has 0 amide bonds. The fourth-order valence-electron chi connectivity index (χ4n) is 1.87. The lowest BCUT2D eigenvalue weighted by Gasteiger charge is -2.02. The summed E-state index contributed by atoms with van der Waals surface area (Å²) in [6.45, 7) is 0.221. The molecule has 9 heteroatoms. The molecule has 0 aliphatic rings. The zero-order chi connectivity index (χ0) is 15.7. The SMILES string of the molecule is O=c1[nH]c(=O)n(Cc2cn(-c3ccc(Cl)cc3)nn2)cc1I. The normalized spacial score (nSPS) is 10.8. The van der Waals surface area contributed by atoms with E-state index < -0.39 is 11.2 Å². The lowest BCUT2D eigenvalue weighted by molar-refractivity contribution is 0.696. The lowest BCUT2D eigenvalue weighted by Crippen LogP contribution is -2.31. The van der Waals surface area contributed by atoms with Gasteiger partial charge in [0.05, 0.1) is 22.0 Å². The largest absolute Gasteiger partial charge is 0.328 e. The standard InChI is InChI=1S/C13H9ClIN5O2/c14-8-1-3-10(4-2-8)20-6-9(17-18-20)5-19-7-11(15)12(21)16-13(19)22/h1-4,6-7H,5H2,(H,16,21,22). The van der Waals surface area contributed by atoms with E-state index in [0.717, 1.165) is 5.69 Å². The van der Waals surface area contributed by atoms with Crippen molar-refractivity contribution in [2.24, 2.45) is 0 Å². The zero-order valence-electron chi connectivity index (χ0n) is 11.0. The van der Waals surface area contributed by atoms with Crippen molar-refractivity contribution in [3.05, 3.63) is 71.8 Å². The first-order valence-electron chi connectivity index (χ1n) is 6.19. The van der Waals surface area contributed by atoms with E-state index in [2.05, 4.69) is 15.3 Å². The van der Waals surface area contributed by atoms with E-state index in [1.54, 1.807) is 23.0 Å². The number of aromatic nitrogens is 5. The summed E-state index contributed by atoms with van der Waals surface area (Å²) in [4.78, 5) is 25.3. The molecule has 7 nitrogen and oxygen atoms in total. The molecule has 0 unspecified atom stereocenters. The van der Waals surface area contributed by atoms with Crippen LogP contribution in [0.2, 0.25) is 5.02 Å². The number of hydrogen-bond acceptors (Lipinski definition) is 4. The Morgan fingerprint density at radius 1 is 1.18 bits per heavy atom. The number of rotatable bonds is 3. The van der Waals surface area contributed by atoms with Gasteiger partial charge >= 0.3 is 5.69 Å². The summed E-state index contributed by atoms with van der Waals surface area (Å²) in [6.07, 6.45) is 3.21. The minimum atomic E-state index is -0.480. The molecule has 0 aliphatic heterocycles. The minimum Gasteiger partial charge on any atom is -0.293 e. The highest BCUT2D eigenvalue weighted by Crippen LogP contribution is 2.12. The van der Waals surface area contributed by atoms with Gasteiger partial charge < -0.3 is 0 Å². The average molecular weight is 430 g/mol. The molecule has 22 heavy (non-hydrogen) atoms. The van der Waals surface area contributed by atoms with Gasteiger partial charge in [-0.25, -0.2) is 9.48 Å². The van der Waals surface area contributed by atoms with Crippen molar-refractivity contribution < 1.29 is 0 Å². The zero-order valence-corrected chi connectivity index (χ0v) is 13.9. The van der Waals surface area contributed by atoms with E-state index in [4.69, 9.17) is 11.6 Å². The van der Waals surface area contributed by atoms with E-state index in [0.29, 0.717) is 14.3 Å². The molecule has 3 aromatic rings. The summed E-state index contributed by atoms with van der Waals surface area (Å²) in [5.41, 5.74) is 0.532. The summed E-state index contributed by atoms with van der Waals surface area (Å²) < 4.78 is 3.40. The number of nitrogens with one attached hydrogen (secondary N) is 1. The van der Waals surface area contributed by atoms with Crippen LogP contribution in [-0.2, 0) is 6.54 Å². The first-order chi connectivity index (χ1) is 10.5. The lowest BCUT2D eigenvalue weighted by atomic mass is 10.3. The second-order valence-corrected chi connectivity index (χ2v) is 6.09. The van der Waals surface area contributed by atoms with Crippen LogP contribution in [0.3, 0.4) is 0 Å². The fourth-order valence-corrected chi connectivity index (χ4v) is 2.46. The van der Waals surface area contributed by atoms with E-state index in [1.165, 1.54) is 10.8 Å². The smallest absolute Gasteiger partial charge is 0.293 e. The molecule has 0 bridgehead atoms. The molecule has 2 aromatic heterocycles. The highest BCUT2D eigenvalue weighted by atomic mass is 127.